The summed E-state index contributed by atoms with van der Waals surface area (Å²) < 4.78 is 1.72. The molecule has 0 bridgehead atoms. The Hall–Kier alpha value is -5.54. The van der Waals surface area contributed by atoms with Gasteiger partial charge in [0.25, 0.3) is 5.56 Å². The van der Waals surface area contributed by atoms with Crippen molar-refractivity contribution in [1.82, 2.24) is 19.7 Å². The number of fused-ring (bicyclic) bond motifs is 2. The molecule has 0 radical (unpaired) electrons. The molecule has 2 aromatic heterocycles. The number of carbonyl (C=O) groups is 5. The zero-order chi connectivity index (χ0) is 38.2. The number of carbonyl (C=O) groups excluding carboxylic acids is 2. The predicted octanol–water partition coefficient (Wildman–Crippen LogP) is 0.635. The largest absolute Gasteiger partial charge is 0.504 e. The topological polar surface area (TPSA) is 285 Å². The number of carboxylic acid groups (broad SMARTS) is 3. The molecule has 3 aliphatic rings. The number of nitrogens with two attached hydrogens (primary N) is 1. The predicted molar refractivity (Wildman–Crippen MR) is 187 cm³/mol. The summed E-state index contributed by atoms with van der Waals surface area (Å²) in [5.41, 5.74) is 5.10. The quantitative estimate of drug-likeness (QED) is 0.0406. The van der Waals surface area contributed by atoms with E-state index in [4.69, 9.17) is 15.7 Å². The first-order chi connectivity index (χ1) is 25.2. The van der Waals surface area contributed by atoms with E-state index in [0.29, 0.717) is 41.6 Å². The number of phenols is 2. The Labute approximate surface area is 307 Å². The van der Waals surface area contributed by atoms with Gasteiger partial charge >= 0.3 is 17.9 Å². The van der Waals surface area contributed by atoms with E-state index < -0.39 is 76.9 Å². The van der Waals surface area contributed by atoms with Crippen molar-refractivity contribution in [3.63, 3.8) is 0 Å². The zero-order valence-electron chi connectivity index (χ0n) is 27.8. The van der Waals surface area contributed by atoms with E-state index in [0.717, 1.165) is 24.2 Å². The van der Waals surface area contributed by atoms with E-state index in [-0.39, 0.29) is 40.0 Å². The number of aromatic nitrogens is 3. The van der Waals surface area contributed by atoms with Crippen molar-refractivity contribution in [2.75, 3.05) is 37.7 Å². The molecule has 2 fully saturated rings. The van der Waals surface area contributed by atoms with Crippen LogP contribution in [0.25, 0.3) is 10.8 Å². The Morgan fingerprint density at radius 2 is 1.81 bits per heavy atom. The van der Waals surface area contributed by atoms with Gasteiger partial charge in [0.05, 0.1) is 55.5 Å². The number of phenolic OH excluding ortho intramolecular Hbond substituents is 2. The lowest BCUT2D eigenvalue weighted by atomic mass is 9.89. The number of oxime groups is 1. The summed E-state index contributed by atoms with van der Waals surface area (Å²) in [5.74, 6) is -7.30. The first-order valence-electron chi connectivity index (χ1n) is 16.3. The second kappa shape index (κ2) is 14.8. The zero-order valence-corrected chi connectivity index (χ0v) is 29.4. The molecule has 1 amide bonds. The Kier molecular flexibility index (Phi) is 10.4. The van der Waals surface area contributed by atoms with Crippen molar-refractivity contribution in [2.45, 2.75) is 43.7 Å². The highest BCUT2D eigenvalue weighted by Gasteiger charge is 2.55. The summed E-state index contributed by atoms with van der Waals surface area (Å²) in [6.07, 6.45) is -0.155. The number of hydrogen-bond donors (Lipinski definition) is 6. The molecular formula is C32H34N7O12S2+. The number of rotatable bonds is 15. The summed E-state index contributed by atoms with van der Waals surface area (Å²) >= 11 is 2.26. The third-order valence-corrected chi connectivity index (χ3v) is 11.5. The third kappa shape index (κ3) is 7.53. The molecule has 2 saturated heterocycles. The maximum absolute atomic E-state index is 13.6. The fourth-order valence-corrected chi connectivity index (χ4v) is 8.81. The van der Waals surface area contributed by atoms with E-state index in [1.54, 1.807) is 0 Å². The number of anilines is 1. The summed E-state index contributed by atoms with van der Waals surface area (Å²) in [4.78, 5) is 85.7. The lowest BCUT2D eigenvalue weighted by Crippen LogP contribution is -2.62. The van der Waals surface area contributed by atoms with Gasteiger partial charge in [0.2, 0.25) is 12.0 Å². The summed E-state index contributed by atoms with van der Waals surface area (Å²) in [6, 6.07) is 2.44. The van der Waals surface area contributed by atoms with Crippen LogP contribution in [0.1, 0.15) is 31.4 Å². The van der Waals surface area contributed by atoms with Crippen molar-refractivity contribution in [2.24, 2.45) is 11.1 Å². The van der Waals surface area contributed by atoms with Gasteiger partial charge in [-0.05, 0) is 12.1 Å². The third-order valence-electron chi connectivity index (χ3n) is 9.48. The van der Waals surface area contributed by atoms with Crippen molar-refractivity contribution < 1.29 is 58.8 Å². The highest BCUT2D eigenvalue weighted by atomic mass is 32.2. The van der Waals surface area contributed by atoms with Gasteiger partial charge in [-0.1, -0.05) is 5.16 Å². The van der Waals surface area contributed by atoms with Crippen LogP contribution in [-0.2, 0) is 35.4 Å². The number of nitrogens with zero attached hydrogens (tertiary/aromatic N) is 6. The van der Waals surface area contributed by atoms with Crippen molar-refractivity contribution >= 4 is 74.3 Å². The average molecular weight is 773 g/mol. The average Bonchev–Trinajstić information content (AvgIpc) is 3.75. The number of amides is 1. The number of nitrogen functional groups attached to an aromatic ring is 1. The number of aliphatic carboxylic acids is 3. The number of aromatic hydroxyl groups is 2. The van der Waals surface area contributed by atoms with Crippen LogP contribution in [0.3, 0.4) is 0 Å². The number of thioether (sulfide) groups is 1. The van der Waals surface area contributed by atoms with Crippen LogP contribution in [0, 0.1) is 5.92 Å². The highest BCUT2D eigenvalue weighted by Crippen LogP contribution is 2.46. The number of quaternary nitrogens is 1. The van der Waals surface area contributed by atoms with Crippen LogP contribution < -0.4 is 11.3 Å². The van der Waals surface area contributed by atoms with Crippen LogP contribution in [0.4, 0.5) is 5.13 Å². The van der Waals surface area contributed by atoms with Gasteiger partial charge < -0.3 is 40.6 Å². The number of β-lactam (4-membered cyclic amide) rings is 1. The first kappa shape index (κ1) is 37.2. The molecule has 6 rings (SSSR count). The molecule has 3 aromatic rings. The summed E-state index contributed by atoms with van der Waals surface area (Å²) in [6.45, 7) is 2.32. The molecule has 7 N–H and O–H groups in total. The van der Waals surface area contributed by atoms with Gasteiger partial charge in [0, 0.05) is 41.4 Å². The normalized spacial score (nSPS) is 20.2. The first-order valence-corrected chi connectivity index (χ1v) is 18.2. The Bertz CT molecular complexity index is 2140. The SMILES string of the molecule is Nc1nc(/C(=N/O[C@@H](CC(=O)O)C(=O)O)C(=O)C[C@@H]2C(=O)N3C(C(=O)O)=C(C[N+]4(CCn5ncc6cc(O)c(O)cc6c5=O)CCCC4)CS[C@H]23)cs1. The van der Waals surface area contributed by atoms with Crippen LogP contribution in [0.5, 0.6) is 11.5 Å². The number of thiazole rings is 1. The highest BCUT2D eigenvalue weighted by molar-refractivity contribution is 8.00. The van der Waals surface area contributed by atoms with Crippen LogP contribution in [0.15, 0.2) is 44.9 Å². The minimum Gasteiger partial charge on any atom is -0.504 e. The fourth-order valence-electron chi connectivity index (χ4n) is 6.86. The van der Waals surface area contributed by atoms with E-state index in [9.17, 15) is 49.2 Å². The molecule has 0 aliphatic carbocycles. The van der Waals surface area contributed by atoms with Gasteiger partial charge in [-0.3, -0.25) is 24.1 Å². The van der Waals surface area contributed by atoms with Crippen LogP contribution in [-0.4, -0.2) is 128 Å². The number of benzene rings is 1. The van der Waals surface area contributed by atoms with Gasteiger partial charge in [0.1, 0.15) is 17.9 Å². The number of Topliss-reactive ketones (excluding diaryl/α,β-unsaturated/α-hetero) is 1. The van der Waals surface area contributed by atoms with Gasteiger partial charge in [-0.25, -0.2) is 19.3 Å². The minimum absolute atomic E-state index is 0.0544. The minimum atomic E-state index is -1.92. The smallest absolute Gasteiger partial charge is 0.352 e. The van der Waals surface area contributed by atoms with Gasteiger partial charge in [-0.2, -0.15) is 5.10 Å². The second-order valence-electron chi connectivity index (χ2n) is 12.9. The molecule has 21 heteroatoms. The maximum Gasteiger partial charge on any atom is 0.352 e. The molecule has 0 unspecified atom stereocenters. The molecule has 0 spiro atoms. The lowest BCUT2D eigenvalue weighted by molar-refractivity contribution is -0.913. The molecule has 3 atom stereocenters. The maximum atomic E-state index is 13.6. The van der Waals surface area contributed by atoms with Crippen molar-refractivity contribution in [3.05, 3.63) is 51.0 Å². The molecular weight excluding hydrogens is 739 g/mol. The monoisotopic (exact) mass is 772 g/mol. The van der Waals surface area contributed by atoms with E-state index in [1.165, 1.54) is 45.1 Å². The molecule has 1 aromatic carbocycles. The van der Waals surface area contributed by atoms with Crippen molar-refractivity contribution in [1.29, 1.82) is 0 Å². The molecule has 280 valence electrons. The number of carboxylic acids is 3. The Balaban J connectivity index is 1.20. The molecule has 0 saturated carbocycles. The molecule has 53 heavy (non-hydrogen) atoms. The second-order valence-corrected chi connectivity index (χ2v) is 14.9. The number of likely N-dealkylation sites (tertiary alicyclic amines) is 1. The van der Waals surface area contributed by atoms with Crippen molar-refractivity contribution in [3.8, 4) is 11.5 Å². The standard InChI is InChI=1S/C32H33N7O12S2/c33-32-35-19(14-53-32)25(36-51-23(30(47)48)10-24(43)44)22(42)9-18-28(46)38-26(31(49)50)16(13-52-29(18)38)12-39(4-1-2-5-39)6-3-37-27(45)17-8-21(41)20(40)7-15(17)11-34-37/h7-8,11,14,18,23,29H,1-6,9-10,12-13H2,(H6-,33,34,35,36,40,41,42,43,44,45,47,48,49,50)/p+1/t18-,23+,29-/m1/s1. The van der Waals surface area contributed by atoms with E-state index >= 15 is 0 Å². The molecule has 3 aliphatic heterocycles. The molecule has 5 heterocycles. The van der Waals surface area contributed by atoms with Gasteiger partial charge in [0.15, 0.2) is 28.1 Å². The number of hydrogen-bond acceptors (Lipinski definition) is 15. The Morgan fingerprint density at radius 1 is 1.09 bits per heavy atom. The van der Waals surface area contributed by atoms with E-state index in [2.05, 4.69) is 15.2 Å². The summed E-state index contributed by atoms with van der Waals surface area (Å²) in [7, 11) is 0. The fraction of sp³-hybridized carbons (Fsp3) is 0.406. The van der Waals surface area contributed by atoms with Gasteiger partial charge in [-0.15, -0.1) is 23.1 Å². The van der Waals surface area contributed by atoms with Crippen LogP contribution >= 0.6 is 23.1 Å². The van der Waals surface area contributed by atoms with E-state index in [1.807, 2.05) is 0 Å². The van der Waals surface area contributed by atoms with Crippen LogP contribution in [0.2, 0.25) is 0 Å². The lowest BCUT2D eigenvalue weighted by Gasteiger charge is -2.50. The summed E-state index contributed by atoms with van der Waals surface area (Å²) in [5, 5.41) is 57.6. The number of ketones is 1. The Morgan fingerprint density at radius 3 is 2.45 bits per heavy atom. The molecule has 19 nitrogen and oxygen atoms in total.